The quantitative estimate of drug-likeness (QED) is 0.488. The second-order valence-electron chi connectivity index (χ2n) is 7.15. The van der Waals surface area contributed by atoms with Gasteiger partial charge in [0.05, 0.1) is 0 Å². The molecule has 3 aromatic carbocycles. The molecular formula is C24H20FNO3. The van der Waals surface area contributed by atoms with E-state index >= 15 is 0 Å². The molecule has 4 nitrogen and oxygen atoms in total. The maximum absolute atomic E-state index is 14.8. The molecule has 4 rings (SSSR count). The van der Waals surface area contributed by atoms with Gasteiger partial charge in [0.2, 0.25) is 11.6 Å². The summed E-state index contributed by atoms with van der Waals surface area (Å²) in [4.78, 5) is 24.6. The van der Waals surface area contributed by atoms with Crippen molar-refractivity contribution < 1.29 is 18.7 Å². The molecule has 0 radical (unpaired) electrons. The number of alkyl carbamates (subject to hydrolysis) is 1. The molecule has 29 heavy (non-hydrogen) atoms. The highest BCUT2D eigenvalue weighted by Gasteiger charge is 2.36. The smallest absolute Gasteiger partial charge is 0.409 e. The predicted molar refractivity (Wildman–Crippen MR) is 108 cm³/mol. The summed E-state index contributed by atoms with van der Waals surface area (Å²) in [7, 11) is 0. The molecule has 0 aliphatic heterocycles. The van der Waals surface area contributed by atoms with Crippen LogP contribution in [0, 0.1) is 0 Å². The topological polar surface area (TPSA) is 55.4 Å². The van der Waals surface area contributed by atoms with Crippen LogP contribution in [0.2, 0.25) is 0 Å². The van der Waals surface area contributed by atoms with Gasteiger partial charge in [-0.2, -0.15) is 0 Å². The third-order valence-corrected chi connectivity index (χ3v) is 5.14. The largest absolute Gasteiger partial charge is 0.448 e. The molecule has 1 aliphatic carbocycles. The third kappa shape index (κ3) is 3.63. The van der Waals surface area contributed by atoms with Crippen molar-refractivity contribution in [2.45, 2.75) is 18.6 Å². The maximum atomic E-state index is 14.8. The van der Waals surface area contributed by atoms with E-state index in [2.05, 4.69) is 0 Å². The van der Waals surface area contributed by atoms with Crippen molar-refractivity contribution in [3.8, 4) is 11.1 Å². The Morgan fingerprint density at radius 1 is 0.897 bits per heavy atom. The van der Waals surface area contributed by atoms with E-state index < -0.39 is 17.7 Å². The number of fused-ring (bicyclic) bond motifs is 3. The Balaban J connectivity index is 1.46. The van der Waals surface area contributed by atoms with Gasteiger partial charge in [0.25, 0.3) is 0 Å². The van der Waals surface area contributed by atoms with Crippen LogP contribution in [0.5, 0.6) is 0 Å². The Morgan fingerprint density at radius 2 is 1.41 bits per heavy atom. The van der Waals surface area contributed by atoms with E-state index in [1.54, 1.807) is 18.2 Å². The van der Waals surface area contributed by atoms with Gasteiger partial charge in [-0.1, -0.05) is 78.9 Å². The van der Waals surface area contributed by atoms with Crippen LogP contribution in [-0.4, -0.2) is 24.3 Å². The molecule has 0 unspecified atom stereocenters. The van der Waals surface area contributed by atoms with E-state index in [1.165, 1.54) is 12.1 Å². The highest BCUT2D eigenvalue weighted by molar-refractivity contribution is 6.03. The number of Topliss-reactive ketones (excluding diaryl/α,β-unsaturated/α-hetero) is 1. The number of carbonyl (C=O) groups is 2. The zero-order chi connectivity index (χ0) is 20.4. The molecule has 0 heterocycles. The lowest BCUT2D eigenvalue weighted by molar-refractivity contribution is 0.0588. The van der Waals surface area contributed by atoms with Gasteiger partial charge in [0.1, 0.15) is 6.61 Å². The van der Waals surface area contributed by atoms with E-state index in [1.807, 2.05) is 53.8 Å². The molecule has 1 atom stereocenters. The first-order valence-electron chi connectivity index (χ1n) is 9.39. The Labute approximate surface area is 168 Å². The van der Waals surface area contributed by atoms with Crippen LogP contribution < -0.4 is 5.32 Å². The van der Waals surface area contributed by atoms with E-state index in [0.717, 1.165) is 29.2 Å². The zero-order valence-electron chi connectivity index (χ0n) is 15.9. The number of nitrogens with one attached hydrogen (secondary N) is 1. The number of hydrogen-bond donors (Lipinski definition) is 1. The Morgan fingerprint density at radius 3 is 2.00 bits per heavy atom. The van der Waals surface area contributed by atoms with Gasteiger partial charge in [-0.3, -0.25) is 10.1 Å². The molecule has 0 aromatic heterocycles. The van der Waals surface area contributed by atoms with Crippen LogP contribution in [-0.2, 0) is 4.74 Å². The molecule has 1 aliphatic rings. The molecule has 1 amide bonds. The summed E-state index contributed by atoms with van der Waals surface area (Å²) in [5, 5.41) is 2.05. The van der Waals surface area contributed by atoms with Crippen molar-refractivity contribution in [2.24, 2.45) is 0 Å². The molecule has 0 fully saturated rings. The van der Waals surface area contributed by atoms with Crippen molar-refractivity contribution in [3.05, 3.63) is 95.6 Å². The van der Waals surface area contributed by atoms with Crippen LogP contribution in [0.25, 0.3) is 11.1 Å². The van der Waals surface area contributed by atoms with Crippen molar-refractivity contribution in [1.82, 2.24) is 5.32 Å². The van der Waals surface area contributed by atoms with Crippen molar-refractivity contribution in [2.75, 3.05) is 6.61 Å². The Bertz CT molecular complexity index is 1020. The molecule has 3 aromatic rings. The van der Waals surface area contributed by atoms with Crippen molar-refractivity contribution in [1.29, 1.82) is 0 Å². The standard InChI is InChI=1S/C24H20FNO3/c1-24(25,22(27)16-9-3-2-4-10-16)26-23(28)29-15-21-19-13-7-5-11-17(19)18-12-6-8-14-20(18)21/h2-14,21H,15H2,1H3,(H,26,28)/t24-/m0/s1. The molecule has 0 saturated heterocycles. The second kappa shape index (κ2) is 7.51. The number of alkyl halides is 1. The Kier molecular flexibility index (Phi) is 4.89. The van der Waals surface area contributed by atoms with Gasteiger partial charge in [-0.25, -0.2) is 9.18 Å². The number of carbonyl (C=O) groups excluding carboxylic acids is 2. The van der Waals surface area contributed by atoms with Gasteiger partial charge in [-0.05, 0) is 29.2 Å². The van der Waals surface area contributed by atoms with Crippen LogP contribution in [0.4, 0.5) is 9.18 Å². The number of ketones is 1. The Hall–Kier alpha value is -3.47. The van der Waals surface area contributed by atoms with Crippen molar-refractivity contribution in [3.63, 3.8) is 0 Å². The SMILES string of the molecule is C[C@](F)(NC(=O)OCC1c2ccccc2-c2ccccc21)C(=O)c1ccccc1. The molecule has 5 heteroatoms. The summed E-state index contributed by atoms with van der Waals surface area (Å²) in [5.41, 5.74) is 4.50. The summed E-state index contributed by atoms with van der Waals surface area (Å²) in [5.74, 6) is -3.53. The molecule has 0 bridgehead atoms. The maximum Gasteiger partial charge on any atom is 0.409 e. The van der Waals surface area contributed by atoms with E-state index in [4.69, 9.17) is 4.74 Å². The van der Waals surface area contributed by atoms with Crippen LogP contribution in [0.3, 0.4) is 0 Å². The third-order valence-electron chi connectivity index (χ3n) is 5.14. The van der Waals surface area contributed by atoms with Crippen LogP contribution >= 0.6 is 0 Å². The normalized spacial score (nSPS) is 14.4. The summed E-state index contributed by atoms with van der Waals surface area (Å²) < 4.78 is 20.2. The van der Waals surface area contributed by atoms with E-state index in [-0.39, 0.29) is 18.1 Å². The number of ether oxygens (including phenoxy) is 1. The number of halogens is 1. The summed E-state index contributed by atoms with van der Waals surface area (Å²) >= 11 is 0. The van der Waals surface area contributed by atoms with Gasteiger partial charge in [0, 0.05) is 11.5 Å². The lowest BCUT2D eigenvalue weighted by Crippen LogP contribution is -2.49. The number of amides is 1. The fraction of sp³-hybridized carbons (Fsp3) is 0.167. The number of benzene rings is 3. The van der Waals surface area contributed by atoms with Crippen LogP contribution in [0.15, 0.2) is 78.9 Å². The van der Waals surface area contributed by atoms with Gasteiger partial charge in [-0.15, -0.1) is 0 Å². The molecule has 1 N–H and O–H groups in total. The molecule has 0 spiro atoms. The van der Waals surface area contributed by atoms with E-state index in [0.29, 0.717) is 0 Å². The van der Waals surface area contributed by atoms with Gasteiger partial charge >= 0.3 is 6.09 Å². The molecule has 0 saturated carbocycles. The minimum atomic E-state index is -2.57. The van der Waals surface area contributed by atoms with Crippen molar-refractivity contribution >= 4 is 11.9 Å². The first kappa shape index (κ1) is 18.9. The summed E-state index contributed by atoms with van der Waals surface area (Å²) in [6.45, 7) is 1.07. The first-order valence-corrected chi connectivity index (χ1v) is 9.39. The number of rotatable bonds is 5. The zero-order valence-corrected chi connectivity index (χ0v) is 15.9. The molecular weight excluding hydrogens is 369 g/mol. The fourth-order valence-corrected chi connectivity index (χ4v) is 3.74. The van der Waals surface area contributed by atoms with Crippen LogP contribution in [0.1, 0.15) is 34.3 Å². The number of hydrogen-bond acceptors (Lipinski definition) is 3. The van der Waals surface area contributed by atoms with Gasteiger partial charge in [0.15, 0.2) is 0 Å². The predicted octanol–water partition coefficient (Wildman–Crippen LogP) is 5.09. The van der Waals surface area contributed by atoms with E-state index in [9.17, 15) is 14.0 Å². The average molecular weight is 389 g/mol. The monoisotopic (exact) mass is 389 g/mol. The average Bonchev–Trinajstić information content (AvgIpc) is 3.06. The fourth-order valence-electron chi connectivity index (χ4n) is 3.74. The van der Waals surface area contributed by atoms with Gasteiger partial charge < -0.3 is 4.74 Å². The lowest BCUT2D eigenvalue weighted by Gasteiger charge is -2.21. The summed E-state index contributed by atoms with van der Waals surface area (Å²) in [6.07, 6.45) is -0.971. The lowest BCUT2D eigenvalue weighted by atomic mass is 9.98. The first-order chi connectivity index (χ1) is 14.0. The minimum Gasteiger partial charge on any atom is -0.448 e. The second-order valence-corrected chi connectivity index (χ2v) is 7.15. The summed E-state index contributed by atoms with van der Waals surface area (Å²) in [6, 6.07) is 23.9. The molecule has 146 valence electrons. The highest BCUT2D eigenvalue weighted by atomic mass is 19.1. The minimum absolute atomic E-state index is 0.0511. The highest BCUT2D eigenvalue weighted by Crippen LogP contribution is 2.44.